The van der Waals surface area contributed by atoms with E-state index in [4.69, 9.17) is 8.83 Å². The van der Waals surface area contributed by atoms with E-state index in [1.807, 2.05) is 97.1 Å². The van der Waals surface area contributed by atoms with Crippen molar-refractivity contribution in [3.05, 3.63) is 164 Å². The summed E-state index contributed by atoms with van der Waals surface area (Å²) in [5, 5.41) is 7.70. The lowest BCUT2D eigenvalue weighted by Gasteiger charge is -2.19. The Morgan fingerprint density at radius 3 is 1.54 bits per heavy atom. The van der Waals surface area contributed by atoms with E-state index in [0.717, 1.165) is 87.5 Å². The Labute approximate surface area is 315 Å². The molecule has 0 aliphatic heterocycles. The Kier molecular flexibility index (Phi) is 6.17. The first kappa shape index (κ1) is 31.1. The monoisotopic (exact) mass is 733 g/mol. The van der Waals surface area contributed by atoms with Crippen LogP contribution in [-0.2, 0) is 6.18 Å². The molecule has 0 radical (unpaired) electrons. The lowest BCUT2D eigenvalue weighted by molar-refractivity contribution is -0.137. The molecule has 0 spiro atoms. The normalized spacial score (nSPS) is 12.6. The van der Waals surface area contributed by atoms with Gasteiger partial charge >= 0.3 is 6.18 Å². The molecule has 0 saturated carbocycles. The van der Waals surface area contributed by atoms with E-state index < -0.39 is 11.7 Å². The molecule has 5 aromatic heterocycles. The SMILES string of the molecule is FC(F)(F)c1ccc(-n2c3ccccc3c3c4oc5ccccc5c4ccc32)c(-c2ccncc2-n2c3ccccc3c3c4oc5ccccc5c4ccc32)c1. The van der Waals surface area contributed by atoms with Gasteiger partial charge in [-0.1, -0.05) is 72.8 Å². The summed E-state index contributed by atoms with van der Waals surface area (Å²) in [6.45, 7) is 0. The third-order valence-electron chi connectivity index (χ3n) is 11.3. The number of para-hydroxylation sites is 4. The highest BCUT2D eigenvalue weighted by Gasteiger charge is 2.32. The predicted molar refractivity (Wildman–Crippen MR) is 218 cm³/mol. The van der Waals surface area contributed by atoms with E-state index >= 15 is 0 Å². The van der Waals surface area contributed by atoms with Gasteiger partial charge < -0.3 is 18.0 Å². The minimum absolute atomic E-state index is 0.403. The number of benzene rings is 7. The number of fused-ring (bicyclic) bond motifs is 14. The molecule has 0 fully saturated rings. The summed E-state index contributed by atoms with van der Waals surface area (Å²) in [4.78, 5) is 4.57. The fraction of sp³-hybridized carbons (Fsp3) is 0.0208. The van der Waals surface area contributed by atoms with Gasteiger partial charge in [0.15, 0.2) is 0 Å². The molecule has 0 aliphatic rings. The van der Waals surface area contributed by atoms with E-state index in [1.54, 1.807) is 24.5 Å². The summed E-state index contributed by atoms with van der Waals surface area (Å²) in [7, 11) is 0. The quantitative estimate of drug-likeness (QED) is 0.182. The highest BCUT2D eigenvalue weighted by molar-refractivity contribution is 6.25. The Morgan fingerprint density at radius 2 is 0.964 bits per heavy atom. The molecule has 0 atom stereocenters. The molecule has 56 heavy (non-hydrogen) atoms. The maximum Gasteiger partial charge on any atom is 0.416 e. The number of alkyl halides is 3. The molecule has 7 aromatic carbocycles. The highest BCUT2D eigenvalue weighted by atomic mass is 19.4. The van der Waals surface area contributed by atoms with Crippen molar-refractivity contribution in [2.45, 2.75) is 6.18 Å². The number of pyridine rings is 1. The minimum atomic E-state index is -4.58. The summed E-state index contributed by atoms with van der Waals surface area (Å²) in [6.07, 6.45) is -1.21. The molecule has 12 rings (SSSR count). The van der Waals surface area contributed by atoms with Crippen LogP contribution < -0.4 is 0 Å². The average Bonchev–Trinajstić information content (AvgIpc) is 3.97. The molecule has 0 saturated heterocycles. The maximum atomic E-state index is 14.7. The number of hydrogen-bond acceptors (Lipinski definition) is 3. The van der Waals surface area contributed by atoms with E-state index in [0.29, 0.717) is 22.5 Å². The summed E-state index contributed by atoms with van der Waals surface area (Å²) >= 11 is 0. The Hall–Kier alpha value is -7.32. The first-order valence-corrected chi connectivity index (χ1v) is 18.3. The summed E-state index contributed by atoms with van der Waals surface area (Å²) < 4.78 is 61.4. The number of halogens is 3. The fourth-order valence-corrected chi connectivity index (χ4v) is 8.90. The topological polar surface area (TPSA) is 49.0 Å². The number of aromatic nitrogens is 3. The van der Waals surface area contributed by atoms with Crippen LogP contribution >= 0.6 is 0 Å². The van der Waals surface area contributed by atoms with Crippen LogP contribution in [0.4, 0.5) is 13.2 Å². The second-order valence-electron chi connectivity index (χ2n) is 14.2. The maximum absolute atomic E-state index is 14.7. The van der Waals surface area contributed by atoms with Crippen molar-refractivity contribution >= 4 is 87.5 Å². The summed E-state index contributed by atoms with van der Waals surface area (Å²) in [5.41, 5.74) is 7.91. The third kappa shape index (κ3) is 4.18. The number of furan rings is 2. The van der Waals surface area contributed by atoms with Crippen molar-refractivity contribution in [2.24, 2.45) is 0 Å². The van der Waals surface area contributed by atoms with Crippen molar-refractivity contribution in [1.82, 2.24) is 14.1 Å². The number of nitrogens with zero attached hydrogens (tertiary/aromatic N) is 3. The Morgan fingerprint density at radius 1 is 0.446 bits per heavy atom. The van der Waals surface area contributed by atoms with Crippen molar-refractivity contribution in [3.63, 3.8) is 0 Å². The van der Waals surface area contributed by atoms with Crippen molar-refractivity contribution in [1.29, 1.82) is 0 Å². The average molecular weight is 734 g/mol. The highest BCUT2D eigenvalue weighted by Crippen LogP contribution is 2.46. The smallest absolute Gasteiger partial charge is 0.416 e. The van der Waals surface area contributed by atoms with E-state index in [2.05, 4.69) is 38.4 Å². The van der Waals surface area contributed by atoms with Crippen LogP contribution in [-0.4, -0.2) is 14.1 Å². The third-order valence-corrected chi connectivity index (χ3v) is 11.3. The second kappa shape index (κ2) is 11.1. The molecule has 266 valence electrons. The predicted octanol–water partition coefficient (Wildman–Crippen LogP) is 13.8. The molecule has 12 aromatic rings. The van der Waals surface area contributed by atoms with Crippen LogP contribution in [0, 0.1) is 0 Å². The van der Waals surface area contributed by atoms with Gasteiger partial charge in [-0.3, -0.25) is 4.98 Å². The molecule has 0 unspecified atom stereocenters. The van der Waals surface area contributed by atoms with Crippen molar-refractivity contribution in [3.8, 4) is 22.5 Å². The number of rotatable bonds is 3. The molecule has 0 amide bonds. The number of hydrogen-bond donors (Lipinski definition) is 0. The minimum Gasteiger partial charge on any atom is -0.455 e. The van der Waals surface area contributed by atoms with Gasteiger partial charge in [-0.2, -0.15) is 13.2 Å². The molecule has 8 heteroatoms. The Bertz CT molecular complexity index is 3600. The molecule has 5 nitrogen and oxygen atoms in total. The molecular formula is C48H26F3N3O2. The first-order valence-electron chi connectivity index (χ1n) is 18.3. The van der Waals surface area contributed by atoms with Gasteiger partial charge in [0.2, 0.25) is 0 Å². The van der Waals surface area contributed by atoms with Gasteiger partial charge in [-0.15, -0.1) is 0 Å². The zero-order valence-corrected chi connectivity index (χ0v) is 29.3. The molecule has 5 heterocycles. The van der Waals surface area contributed by atoms with Crippen LogP contribution in [0.15, 0.2) is 167 Å². The van der Waals surface area contributed by atoms with Crippen LogP contribution in [0.25, 0.3) is 110 Å². The van der Waals surface area contributed by atoms with Gasteiger partial charge in [-0.05, 0) is 72.8 Å². The summed E-state index contributed by atoms with van der Waals surface area (Å²) in [6, 6.07) is 45.9. The van der Waals surface area contributed by atoms with Gasteiger partial charge in [0, 0.05) is 49.6 Å². The van der Waals surface area contributed by atoms with Crippen LogP contribution in [0.1, 0.15) is 5.56 Å². The van der Waals surface area contributed by atoms with Crippen LogP contribution in [0.2, 0.25) is 0 Å². The standard InChI is InChI=1S/C48H26F3N3O2/c49-48(50,51)27-17-20-38(53-36-13-5-1-11-33(36)44-39(53)21-18-31-29-9-3-7-15-42(29)55-46(31)44)35(25-27)28-23-24-52-26-41(28)54-37-14-6-2-12-34(37)45-40(54)22-19-32-30-10-4-8-16-43(30)56-47(32)45/h1-26H. The molecular weight excluding hydrogens is 708 g/mol. The van der Waals surface area contributed by atoms with E-state index in [1.165, 1.54) is 12.1 Å². The van der Waals surface area contributed by atoms with E-state index in [-0.39, 0.29) is 0 Å². The van der Waals surface area contributed by atoms with E-state index in [9.17, 15) is 13.2 Å². The van der Waals surface area contributed by atoms with Crippen molar-refractivity contribution in [2.75, 3.05) is 0 Å². The van der Waals surface area contributed by atoms with Crippen LogP contribution in [0.3, 0.4) is 0 Å². The first-order chi connectivity index (χ1) is 27.4. The lowest BCUT2D eigenvalue weighted by atomic mass is 9.99. The van der Waals surface area contributed by atoms with Gasteiger partial charge in [0.1, 0.15) is 22.3 Å². The lowest BCUT2D eigenvalue weighted by Crippen LogP contribution is -2.08. The van der Waals surface area contributed by atoms with Gasteiger partial charge in [0.05, 0.1) is 56.0 Å². The molecule has 0 bridgehead atoms. The molecule has 0 aliphatic carbocycles. The van der Waals surface area contributed by atoms with Crippen molar-refractivity contribution < 1.29 is 22.0 Å². The zero-order valence-electron chi connectivity index (χ0n) is 29.3. The molecule has 0 N–H and O–H groups in total. The Balaban J connectivity index is 1.19. The second-order valence-corrected chi connectivity index (χ2v) is 14.2. The van der Waals surface area contributed by atoms with Crippen LogP contribution in [0.5, 0.6) is 0 Å². The van der Waals surface area contributed by atoms with Gasteiger partial charge in [-0.25, -0.2) is 0 Å². The fourth-order valence-electron chi connectivity index (χ4n) is 8.90. The summed E-state index contributed by atoms with van der Waals surface area (Å²) in [5.74, 6) is 0. The largest absolute Gasteiger partial charge is 0.455 e. The zero-order chi connectivity index (χ0) is 37.3. The van der Waals surface area contributed by atoms with Gasteiger partial charge in [0.25, 0.3) is 0 Å².